The first-order valence-corrected chi connectivity index (χ1v) is 2.79. The molecule has 0 rings (SSSR count). The van der Waals surface area contributed by atoms with Crippen molar-refractivity contribution in [2.24, 2.45) is 5.73 Å². The van der Waals surface area contributed by atoms with Crippen LogP contribution in [-0.4, -0.2) is 34.3 Å². The molecule has 0 aliphatic carbocycles. The summed E-state index contributed by atoms with van der Waals surface area (Å²) in [7, 11) is 0. The van der Waals surface area contributed by atoms with Crippen LogP contribution in [-0.2, 0) is 4.79 Å². The molecule has 0 aliphatic heterocycles. The number of hydrogen-bond acceptors (Lipinski definition) is 3. The first-order valence-electron chi connectivity index (χ1n) is 2.79. The molecule has 2 atom stereocenters. The predicted octanol–water partition coefficient (Wildman–Crippen LogP) is -0.586. The van der Waals surface area contributed by atoms with Crippen LogP contribution in [0.25, 0.3) is 0 Å². The third kappa shape index (κ3) is 2.09. The molecular weight excluding hydrogens is 160 g/mol. The molecular formula is C5H9F2NO3. The van der Waals surface area contributed by atoms with Crippen LogP contribution in [0.1, 0.15) is 6.92 Å². The molecule has 4 N–H and O–H groups in total. The Morgan fingerprint density at radius 1 is 1.64 bits per heavy atom. The Hall–Kier alpha value is -0.750. The lowest BCUT2D eigenvalue weighted by atomic mass is 9.98. The molecule has 66 valence electrons. The van der Waals surface area contributed by atoms with Gasteiger partial charge in [-0.25, -0.2) is 8.78 Å². The summed E-state index contributed by atoms with van der Waals surface area (Å²) < 4.78 is 23.7. The van der Waals surface area contributed by atoms with Crippen LogP contribution in [0.4, 0.5) is 8.78 Å². The predicted molar refractivity (Wildman–Crippen MR) is 32.2 cm³/mol. The molecule has 0 aromatic rings. The number of alkyl halides is 2. The zero-order chi connectivity index (χ0) is 9.23. The average molecular weight is 169 g/mol. The molecule has 2 unspecified atom stereocenters. The van der Waals surface area contributed by atoms with Crippen molar-refractivity contribution in [2.45, 2.75) is 25.0 Å². The lowest BCUT2D eigenvalue weighted by Crippen LogP contribution is -2.55. The van der Waals surface area contributed by atoms with Gasteiger partial charge in [0.2, 0.25) is 0 Å². The van der Waals surface area contributed by atoms with Gasteiger partial charge in [0.1, 0.15) is 11.6 Å². The topological polar surface area (TPSA) is 83.5 Å². The van der Waals surface area contributed by atoms with E-state index in [0.29, 0.717) is 6.92 Å². The number of halogens is 2. The normalized spacial score (nSPS) is 19.5. The summed E-state index contributed by atoms with van der Waals surface area (Å²) in [6, 6.07) is -1.97. The van der Waals surface area contributed by atoms with Crippen LogP contribution in [0.5, 0.6) is 0 Å². The fourth-order valence-corrected chi connectivity index (χ4v) is 0.386. The van der Waals surface area contributed by atoms with Crippen molar-refractivity contribution in [1.82, 2.24) is 0 Å². The molecule has 0 bridgehead atoms. The summed E-state index contributed by atoms with van der Waals surface area (Å²) in [6.07, 6.45) is -3.17. The molecule has 0 aliphatic rings. The number of rotatable bonds is 3. The fourth-order valence-electron chi connectivity index (χ4n) is 0.386. The second-order valence-electron chi connectivity index (χ2n) is 2.34. The van der Waals surface area contributed by atoms with Crippen molar-refractivity contribution < 1.29 is 23.8 Å². The smallest absolute Gasteiger partial charge is 0.323 e. The summed E-state index contributed by atoms with van der Waals surface area (Å²) in [5.74, 6) is -1.66. The van der Waals surface area contributed by atoms with Crippen LogP contribution < -0.4 is 5.73 Å². The molecule has 0 fully saturated rings. The van der Waals surface area contributed by atoms with Crippen LogP contribution in [0.15, 0.2) is 0 Å². The van der Waals surface area contributed by atoms with Gasteiger partial charge < -0.3 is 15.9 Å². The average Bonchev–Trinajstić information content (AvgIpc) is 1.85. The first-order chi connectivity index (χ1) is 4.80. The molecule has 0 aromatic carbocycles. The second-order valence-corrected chi connectivity index (χ2v) is 2.34. The lowest BCUT2D eigenvalue weighted by molar-refractivity contribution is -0.155. The van der Waals surface area contributed by atoms with Gasteiger partial charge in [-0.15, -0.1) is 0 Å². The Kier molecular flexibility index (Phi) is 2.89. The van der Waals surface area contributed by atoms with E-state index in [2.05, 4.69) is 0 Å². The second kappa shape index (κ2) is 3.10. The molecule has 0 saturated heterocycles. The highest BCUT2D eigenvalue weighted by atomic mass is 19.3. The van der Waals surface area contributed by atoms with Crippen molar-refractivity contribution >= 4 is 5.97 Å². The van der Waals surface area contributed by atoms with Gasteiger partial charge in [-0.05, 0) is 6.92 Å². The molecule has 0 aromatic heterocycles. The minimum Gasteiger partial charge on any atom is -0.480 e. The van der Waals surface area contributed by atoms with Gasteiger partial charge in [0.15, 0.2) is 0 Å². The highest BCUT2D eigenvalue weighted by Gasteiger charge is 2.42. The van der Waals surface area contributed by atoms with E-state index in [4.69, 9.17) is 15.9 Å². The Morgan fingerprint density at radius 3 is 2.09 bits per heavy atom. The van der Waals surface area contributed by atoms with Crippen molar-refractivity contribution in [3.8, 4) is 0 Å². The highest BCUT2D eigenvalue weighted by molar-refractivity contribution is 5.74. The third-order valence-electron chi connectivity index (χ3n) is 1.34. The van der Waals surface area contributed by atoms with Gasteiger partial charge in [-0.1, -0.05) is 0 Å². The summed E-state index contributed by atoms with van der Waals surface area (Å²) in [4.78, 5) is 10.0. The Bertz CT molecular complexity index is 160. The largest absolute Gasteiger partial charge is 0.480 e. The van der Waals surface area contributed by atoms with Gasteiger partial charge >= 0.3 is 5.97 Å². The van der Waals surface area contributed by atoms with Crippen LogP contribution in [0, 0.1) is 0 Å². The maximum atomic E-state index is 11.8. The first kappa shape index (κ1) is 10.2. The van der Waals surface area contributed by atoms with Gasteiger partial charge in [0, 0.05) is 0 Å². The Balaban J connectivity index is 4.41. The molecule has 0 saturated carbocycles. The van der Waals surface area contributed by atoms with E-state index in [1.54, 1.807) is 0 Å². The van der Waals surface area contributed by atoms with Gasteiger partial charge in [-0.2, -0.15) is 0 Å². The number of carbonyl (C=O) groups is 1. The summed E-state index contributed by atoms with van der Waals surface area (Å²) in [5.41, 5.74) is 2.09. The number of carboxylic acid groups (broad SMARTS) is 1. The van der Waals surface area contributed by atoms with Crippen LogP contribution in [0.2, 0.25) is 0 Å². The van der Waals surface area contributed by atoms with Crippen molar-refractivity contribution in [1.29, 1.82) is 0 Å². The van der Waals surface area contributed by atoms with Crippen LogP contribution >= 0.6 is 0 Å². The van der Waals surface area contributed by atoms with Crippen molar-refractivity contribution in [3.05, 3.63) is 0 Å². The van der Waals surface area contributed by atoms with Crippen LogP contribution in [0.3, 0.4) is 0 Å². The zero-order valence-corrected chi connectivity index (χ0v) is 5.79. The monoisotopic (exact) mass is 169 g/mol. The third-order valence-corrected chi connectivity index (χ3v) is 1.34. The minimum absolute atomic E-state index is 0.677. The molecule has 0 heterocycles. The molecule has 6 heteroatoms. The van der Waals surface area contributed by atoms with Gasteiger partial charge in [0.25, 0.3) is 6.43 Å². The number of carboxylic acids is 1. The molecule has 0 radical (unpaired) electrons. The van der Waals surface area contributed by atoms with E-state index < -0.39 is 24.0 Å². The number of nitrogens with two attached hydrogens (primary N) is 1. The standard InChI is InChI=1S/C5H9F2NO3/c1-5(11,4(6)7)2(8)3(9)10/h2,4,11H,8H2,1H3,(H,9,10). The Labute approximate surface area is 61.6 Å². The quantitative estimate of drug-likeness (QED) is 0.527. The Morgan fingerprint density at radius 2 is 2.00 bits per heavy atom. The van der Waals surface area contributed by atoms with Crippen molar-refractivity contribution in [2.75, 3.05) is 0 Å². The zero-order valence-electron chi connectivity index (χ0n) is 5.79. The highest BCUT2D eigenvalue weighted by Crippen LogP contribution is 2.17. The summed E-state index contributed by atoms with van der Waals surface area (Å²) in [6.45, 7) is 0.677. The summed E-state index contributed by atoms with van der Waals surface area (Å²) in [5, 5.41) is 16.9. The number of aliphatic carboxylic acids is 1. The minimum atomic E-state index is -3.17. The van der Waals surface area contributed by atoms with E-state index in [0.717, 1.165) is 0 Å². The van der Waals surface area contributed by atoms with Gasteiger partial charge in [-0.3, -0.25) is 4.79 Å². The molecule has 0 spiro atoms. The SMILES string of the molecule is CC(O)(C(F)F)C(N)C(=O)O. The van der Waals surface area contributed by atoms with E-state index in [1.807, 2.05) is 0 Å². The summed E-state index contributed by atoms with van der Waals surface area (Å²) >= 11 is 0. The maximum absolute atomic E-state index is 11.8. The van der Waals surface area contributed by atoms with Crippen molar-refractivity contribution in [3.63, 3.8) is 0 Å². The van der Waals surface area contributed by atoms with E-state index in [-0.39, 0.29) is 0 Å². The van der Waals surface area contributed by atoms with E-state index in [1.165, 1.54) is 0 Å². The lowest BCUT2D eigenvalue weighted by Gasteiger charge is -2.25. The molecule has 0 amide bonds. The van der Waals surface area contributed by atoms with E-state index >= 15 is 0 Å². The fraction of sp³-hybridized carbons (Fsp3) is 0.800. The number of hydrogen-bond donors (Lipinski definition) is 3. The number of aliphatic hydroxyl groups is 1. The molecule has 4 nitrogen and oxygen atoms in total. The van der Waals surface area contributed by atoms with Gasteiger partial charge in [0.05, 0.1) is 0 Å². The van der Waals surface area contributed by atoms with E-state index in [9.17, 15) is 13.6 Å². The molecule has 11 heavy (non-hydrogen) atoms. The maximum Gasteiger partial charge on any atom is 0.323 e.